The summed E-state index contributed by atoms with van der Waals surface area (Å²) < 4.78 is 0. The number of carbonyl (C=O) groups is 2. The van der Waals surface area contributed by atoms with Crippen LogP contribution < -0.4 is 16.2 Å². The van der Waals surface area contributed by atoms with Gasteiger partial charge < -0.3 is 5.32 Å². The molecular formula is C19H20Cl3N3O2. The molecule has 0 spiro atoms. The Morgan fingerprint density at radius 3 is 2.33 bits per heavy atom. The lowest BCUT2D eigenvalue weighted by Crippen LogP contribution is -2.49. The Kier molecular flexibility index (Phi) is 7.78. The van der Waals surface area contributed by atoms with E-state index in [9.17, 15) is 9.59 Å². The first-order valence-electron chi connectivity index (χ1n) is 8.33. The molecule has 2 rings (SSSR count). The lowest BCUT2D eigenvalue weighted by molar-refractivity contribution is -0.122. The standard InChI is InChI=1S/C19H20Cl3N3O2/c1-11(2)8-17(19(27)25-24-14-5-3-4-12(20)9-14)23-18(26)15-7-6-13(21)10-16(15)22/h3-7,9-11,17,24H,8H2,1-2H3,(H,23,26)(H,25,27). The average Bonchev–Trinajstić information content (AvgIpc) is 2.58. The van der Waals surface area contributed by atoms with Crippen LogP contribution in [0.15, 0.2) is 42.5 Å². The van der Waals surface area contributed by atoms with Crippen LogP contribution in [0.2, 0.25) is 15.1 Å². The molecule has 2 aromatic carbocycles. The van der Waals surface area contributed by atoms with Crippen molar-refractivity contribution in [3.8, 4) is 0 Å². The minimum absolute atomic E-state index is 0.188. The molecule has 144 valence electrons. The van der Waals surface area contributed by atoms with E-state index in [4.69, 9.17) is 34.8 Å². The molecule has 0 aliphatic carbocycles. The van der Waals surface area contributed by atoms with E-state index in [1.54, 1.807) is 30.3 Å². The first-order valence-corrected chi connectivity index (χ1v) is 9.47. The number of benzene rings is 2. The van der Waals surface area contributed by atoms with Crippen molar-refractivity contribution in [1.29, 1.82) is 0 Å². The fraction of sp³-hybridized carbons (Fsp3) is 0.263. The summed E-state index contributed by atoms with van der Waals surface area (Å²) in [4.78, 5) is 25.1. The minimum Gasteiger partial charge on any atom is -0.340 e. The fourth-order valence-corrected chi connectivity index (χ4v) is 3.08. The average molecular weight is 429 g/mol. The summed E-state index contributed by atoms with van der Waals surface area (Å²) in [5.41, 5.74) is 6.27. The van der Waals surface area contributed by atoms with Gasteiger partial charge in [0.05, 0.1) is 16.3 Å². The topological polar surface area (TPSA) is 70.2 Å². The number of hydrogen-bond acceptors (Lipinski definition) is 3. The van der Waals surface area contributed by atoms with Crippen LogP contribution >= 0.6 is 34.8 Å². The van der Waals surface area contributed by atoms with E-state index in [0.29, 0.717) is 22.2 Å². The first kappa shape index (κ1) is 21.4. The molecule has 27 heavy (non-hydrogen) atoms. The minimum atomic E-state index is -0.740. The van der Waals surface area contributed by atoms with Crippen molar-refractivity contribution in [1.82, 2.24) is 10.7 Å². The molecule has 0 fully saturated rings. The Balaban J connectivity index is 2.06. The van der Waals surface area contributed by atoms with Crippen LogP contribution in [0.3, 0.4) is 0 Å². The number of nitrogens with one attached hydrogen (secondary N) is 3. The first-order chi connectivity index (χ1) is 12.8. The number of hydrogen-bond donors (Lipinski definition) is 3. The molecule has 0 saturated carbocycles. The Labute approximate surface area is 173 Å². The highest BCUT2D eigenvalue weighted by atomic mass is 35.5. The largest absolute Gasteiger partial charge is 0.340 e. The number of carbonyl (C=O) groups excluding carboxylic acids is 2. The van der Waals surface area contributed by atoms with E-state index in [2.05, 4.69) is 16.2 Å². The zero-order valence-corrected chi connectivity index (χ0v) is 17.1. The van der Waals surface area contributed by atoms with E-state index in [1.165, 1.54) is 12.1 Å². The van der Waals surface area contributed by atoms with Crippen molar-refractivity contribution in [3.63, 3.8) is 0 Å². The quantitative estimate of drug-likeness (QED) is 0.547. The monoisotopic (exact) mass is 427 g/mol. The van der Waals surface area contributed by atoms with Crippen LogP contribution in [0.5, 0.6) is 0 Å². The third-order valence-electron chi connectivity index (χ3n) is 3.66. The van der Waals surface area contributed by atoms with Gasteiger partial charge in [0.2, 0.25) is 0 Å². The number of anilines is 1. The number of hydrazine groups is 1. The predicted octanol–water partition coefficient (Wildman–Crippen LogP) is 4.93. The van der Waals surface area contributed by atoms with Gasteiger partial charge in [0.15, 0.2) is 0 Å². The summed E-state index contributed by atoms with van der Waals surface area (Å²) in [6, 6.07) is 10.8. The number of rotatable bonds is 7. The predicted molar refractivity (Wildman–Crippen MR) is 110 cm³/mol. The Morgan fingerprint density at radius 2 is 1.70 bits per heavy atom. The molecule has 3 N–H and O–H groups in total. The molecule has 2 amide bonds. The molecule has 1 unspecified atom stereocenters. The van der Waals surface area contributed by atoms with Crippen molar-refractivity contribution in [2.75, 3.05) is 5.43 Å². The van der Waals surface area contributed by atoms with Gasteiger partial charge in [-0.1, -0.05) is 54.7 Å². The summed E-state index contributed by atoms with van der Waals surface area (Å²) in [7, 11) is 0. The molecule has 0 bridgehead atoms. The van der Waals surface area contributed by atoms with Crippen molar-refractivity contribution >= 4 is 52.3 Å². The molecule has 2 aromatic rings. The van der Waals surface area contributed by atoms with Gasteiger partial charge >= 0.3 is 0 Å². The maximum atomic E-state index is 12.6. The van der Waals surface area contributed by atoms with Gasteiger partial charge in [-0.15, -0.1) is 0 Å². The molecule has 1 atom stereocenters. The number of halogens is 3. The molecule has 0 saturated heterocycles. The van der Waals surface area contributed by atoms with Crippen LogP contribution in [-0.2, 0) is 4.79 Å². The van der Waals surface area contributed by atoms with Crippen molar-refractivity contribution < 1.29 is 9.59 Å². The van der Waals surface area contributed by atoms with Crippen LogP contribution in [-0.4, -0.2) is 17.9 Å². The van der Waals surface area contributed by atoms with Crippen LogP contribution in [0.1, 0.15) is 30.6 Å². The third kappa shape index (κ3) is 6.61. The van der Waals surface area contributed by atoms with E-state index in [1.807, 2.05) is 13.8 Å². The molecule has 0 heterocycles. The highest BCUT2D eigenvalue weighted by Gasteiger charge is 2.23. The molecule has 0 radical (unpaired) electrons. The zero-order chi connectivity index (χ0) is 20.0. The van der Waals surface area contributed by atoms with Gasteiger partial charge in [-0.3, -0.25) is 20.4 Å². The highest BCUT2D eigenvalue weighted by molar-refractivity contribution is 6.36. The van der Waals surface area contributed by atoms with Gasteiger partial charge in [-0.05, 0) is 48.7 Å². The molecule has 5 nitrogen and oxygen atoms in total. The Bertz CT molecular complexity index is 828. The molecular weight excluding hydrogens is 409 g/mol. The Hall–Kier alpha value is -1.95. The van der Waals surface area contributed by atoms with Gasteiger partial charge in [-0.2, -0.15) is 0 Å². The van der Waals surface area contributed by atoms with Crippen LogP contribution in [0.25, 0.3) is 0 Å². The van der Waals surface area contributed by atoms with Gasteiger partial charge in [0.1, 0.15) is 6.04 Å². The van der Waals surface area contributed by atoms with Crippen LogP contribution in [0.4, 0.5) is 5.69 Å². The zero-order valence-electron chi connectivity index (χ0n) is 14.9. The van der Waals surface area contributed by atoms with Crippen molar-refractivity contribution in [2.45, 2.75) is 26.3 Å². The Morgan fingerprint density at radius 1 is 1.00 bits per heavy atom. The normalized spacial score (nSPS) is 11.8. The molecule has 0 aliphatic heterocycles. The second kappa shape index (κ2) is 9.83. The van der Waals surface area contributed by atoms with E-state index in [-0.39, 0.29) is 22.4 Å². The SMILES string of the molecule is CC(C)CC(NC(=O)c1ccc(Cl)cc1Cl)C(=O)NNc1cccc(Cl)c1. The van der Waals surface area contributed by atoms with Crippen LogP contribution in [0, 0.1) is 5.92 Å². The maximum Gasteiger partial charge on any atom is 0.260 e. The van der Waals surface area contributed by atoms with Gasteiger partial charge in [0.25, 0.3) is 11.8 Å². The maximum absolute atomic E-state index is 12.6. The molecule has 0 aliphatic rings. The highest BCUT2D eigenvalue weighted by Crippen LogP contribution is 2.21. The smallest absolute Gasteiger partial charge is 0.260 e. The lowest BCUT2D eigenvalue weighted by Gasteiger charge is -2.21. The summed E-state index contributed by atoms with van der Waals surface area (Å²) >= 11 is 17.9. The van der Waals surface area contributed by atoms with E-state index >= 15 is 0 Å². The summed E-state index contributed by atoms with van der Waals surface area (Å²) in [5.74, 6) is -0.629. The van der Waals surface area contributed by atoms with E-state index in [0.717, 1.165) is 0 Å². The lowest BCUT2D eigenvalue weighted by atomic mass is 10.0. The summed E-state index contributed by atoms with van der Waals surface area (Å²) in [5, 5.41) is 3.92. The van der Waals surface area contributed by atoms with Gasteiger partial charge in [0, 0.05) is 10.0 Å². The van der Waals surface area contributed by atoms with E-state index < -0.39 is 11.9 Å². The second-order valence-electron chi connectivity index (χ2n) is 6.40. The van der Waals surface area contributed by atoms with Gasteiger partial charge in [-0.25, -0.2) is 0 Å². The van der Waals surface area contributed by atoms with Crippen molar-refractivity contribution in [3.05, 3.63) is 63.1 Å². The molecule has 0 aromatic heterocycles. The third-order valence-corrected chi connectivity index (χ3v) is 4.44. The van der Waals surface area contributed by atoms with Crippen molar-refractivity contribution in [2.24, 2.45) is 5.92 Å². The molecule has 8 heteroatoms. The summed E-state index contributed by atoms with van der Waals surface area (Å²) in [6.07, 6.45) is 0.458. The number of amides is 2. The second-order valence-corrected chi connectivity index (χ2v) is 7.68. The summed E-state index contributed by atoms with van der Waals surface area (Å²) in [6.45, 7) is 3.93. The fourth-order valence-electron chi connectivity index (χ4n) is 2.40.